The van der Waals surface area contributed by atoms with Crippen molar-refractivity contribution in [2.75, 3.05) is 9.80 Å². The number of rotatable bonds is 10. The van der Waals surface area contributed by atoms with Crippen LogP contribution in [0.5, 0.6) is 0 Å². The summed E-state index contributed by atoms with van der Waals surface area (Å²) < 4.78 is 0. The molecule has 11 aromatic rings. The molecule has 0 fully saturated rings. The number of nitrogens with zero attached hydrogens (tertiary/aromatic N) is 2. The molecule has 2 heteroatoms. The van der Waals surface area contributed by atoms with Gasteiger partial charge in [-0.15, -0.1) is 0 Å². The van der Waals surface area contributed by atoms with Crippen LogP contribution >= 0.6 is 0 Å². The van der Waals surface area contributed by atoms with Crippen molar-refractivity contribution >= 4 is 44.9 Å². The fraction of sp³-hybridized carbons (Fsp3) is 0.0448. The first-order chi connectivity index (χ1) is 34.0. The standard InChI is InChI=1S/C67H50N2/c1-67(2)64-45-59(40-42-62(64)63-43-41-60(46-65(63)67)69(56-24-10-5-11-25-56)66-27-15-21-53-20-12-13-26-61(53)66)68(57-36-32-51(33-37-57)50-30-28-49(29-31-50)47-16-6-3-7-17-47)58-38-34-52(35-39-58)55-23-14-22-54(44-55)48-18-8-4-9-19-48/h3-46H,1-2H3. The summed E-state index contributed by atoms with van der Waals surface area (Å²) in [5.41, 5.74) is 21.3. The average Bonchev–Trinajstić information content (AvgIpc) is 3.64. The summed E-state index contributed by atoms with van der Waals surface area (Å²) in [5.74, 6) is 0. The topological polar surface area (TPSA) is 6.48 Å². The Balaban J connectivity index is 0.926. The quantitative estimate of drug-likeness (QED) is 0.135. The molecule has 0 N–H and O–H groups in total. The van der Waals surface area contributed by atoms with Crippen LogP contribution in [0.4, 0.5) is 34.1 Å². The van der Waals surface area contributed by atoms with Gasteiger partial charge < -0.3 is 9.80 Å². The first-order valence-corrected chi connectivity index (χ1v) is 23.9. The number of benzene rings is 11. The van der Waals surface area contributed by atoms with E-state index < -0.39 is 0 Å². The Morgan fingerprint density at radius 3 is 1.17 bits per heavy atom. The van der Waals surface area contributed by atoms with E-state index in [1.54, 1.807) is 0 Å². The van der Waals surface area contributed by atoms with E-state index in [1.807, 2.05) is 0 Å². The molecule has 0 unspecified atom stereocenters. The second kappa shape index (κ2) is 17.5. The minimum atomic E-state index is -0.271. The summed E-state index contributed by atoms with van der Waals surface area (Å²) in [5, 5.41) is 2.44. The van der Waals surface area contributed by atoms with Crippen LogP contribution in [0.1, 0.15) is 25.0 Å². The minimum Gasteiger partial charge on any atom is -0.310 e. The van der Waals surface area contributed by atoms with Crippen molar-refractivity contribution in [3.05, 3.63) is 278 Å². The molecule has 0 spiro atoms. The highest BCUT2D eigenvalue weighted by molar-refractivity contribution is 5.99. The van der Waals surface area contributed by atoms with Crippen LogP contribution in [-0.2, 0) is 5.41 Å². The van der Waals surface area contributed by atoms with Gasteiger partial charge in [-0.2, -0.15) is 0 Å². The van der Waals surface area contributed by atoms with Crippen LogP contribution in [-0.4, -0.2) is 0 Å². The van der Waals surface area contributed by atoms with Crippen molar-refractivity contribution in [1.82, 2.24) is 0 Å². The predicted octanol–water partition coefficient (Wildman–Crippen LogP) is 18.8. The molecule has 0 heterocycles. The van der Waals surface area contributed by atoms with Crippen LogP contribution in [0, 0.1) is 0 Å². The van der Waals surface area contributed by atoms with E-state index in [1.165, 1.54) is 77.5 Å². The first-order valence-electron chi connectivity index (χ1n) is 23.9. The molecular formula is C67H50N2. The van der Waals surface area contributed by atoms with Crippen molar-refractivity contribution in [2.24, 2.45) is 0 Å². The second-order valence-electron chi connectivity index (χ2n) is 18.6. The molecule has 1 aliphatic rings. The minimum absolute atomic E-state index is 0.271. The number of anilines is 6. The molecule has 69 heavy (non-hydrogen) atoms. The Morgan fingerprint density at radius 2 is 0.623 bits per heavy atom. The van der Waals surface area contributed by atoms with Crippen LogP contribution in [0.25, 0.3) is 66.4 Å². The molecule has 2 nitrogen and oxygen atoms in total. The first kappa shape index (κ1) is 41.7. The van der Waals surface area contributed by atoms with E-state index >= 15 is 0 Å². The zero-order chi connectivity index (χ0) is 46.3. The van der Waals surface area contributed by atoms with Crippen molar-refractivity contribution in [2.45, 2.75) is 19.3 Å². The normalized spacial score (nSPS) is 12.3. The van der Waals surface area contributed by atoms with Gasteiger partial charge in [0.2, 0.25) is 0 Å². The largest absolute Gasteiger partial charge is 0.310 e. The third kappa shape index (κ3) is 7.76. The van der Waals surface area contributed by atoms with Gasteiger partial charge in [0.15, 0.2) is 0 Å². The lowest BCUT2D eigenvalue weighted by Gasteiger charge is -2.29. The van der Waals surface area contributed by atoms with Gasteiger partial charge in [-0.3, -0.25) is 0 Å². The van der Waals surface area contributed by atoms with Gasteiger partial charge in [-0.1, -0.05) is 208 Å². The SMILES string of the molecule is CC1(C)c2cc(N(c3ccc(-c4ccc(-c5ccccc5)cc4)cc3)c3ccc(-c4cccc(-c5ccccc5)c4)cc3)ccc2-c2ccc(N(c3ccccc3)c3cccc4ccccc34)cc21. The Labute approximate surface area is 405 Å². The number of para-hydroxylation sites is 1. The molecule has 0 radical (unpaired) electrons. The van der Waals surface area contributed by atoms with Crippen LogP contribution in [0.3, 0.4) is 0 Å². The van der Waals surface area contributed by atoms with E-state index in [2.05, 4.69) is 291 Å². The third-order valence-electron chi connectivity index (χ3n) is 14.1. The highest BCUT2D eigenvalue weighted by Gasteiger charge is 2.37. The maximum Gasteiger partial charge on any atom is 0.0540 e. The molecule has 0 bridgehead atoms. The zero-order valence-electron chi connectivity index (χ0n) is 38.8. The number of hydrogen-bond donors (Lipinski definition) is 0. The molecule has 0 saturated carbocycles. The molecule has 11 aromatic carbocycles. The van der Waals surface area contributed by atoms with E-state index in [-0.39, 0.29) is 5.41 Å². The maximum atomic E-state index is 2.43. The van der Waals surface area contributed by atoms with E-state index in [4.69, 9.17) is 0 Å². The zero-order valence-corrected chi connectivity index (χ0v) is 38.8. The predicted molar refractivity (Wildman–Crippen MR) is 293 cm³/mol. The molecule has 0 amide bonds. The van der Waals surface area contributed by atoms with Gasteiger partial charge in [0, 0.05) is 39.2 Å². The summed E-state index contributed by atoms with van der Waals surface area (Å²) >= 11 is 0. The van der Waals surface area contributed by atoms with Crippen molar-refractivity contribution in [3.8, 4) is 55.6 Å². The monoisotopic (exact) mass is 882 g/mol. The molecule has 0 saturated heterocycles. The lowest BCUT2D eigenvalue weighted by Crippen LogP contribution is -2.17. The molecule has 328 valence electrons. The average molecular weight is 883 g/mol. The highest BCUT2D eigenvalue weighted by atomic mass is 15.1. The Hall–Kier alpha value is -8.72. The van der Waals surface area contributed by atoms with Crippen LogP contribution < -0.4 is 9.80 Å². The van der Waals surface area contributed by atoms with Crippen molar-refractivity contribution < 1.29 is 0 Å². The molecule has 12 rings (SSSR count). The lowest BCUT2D eigenvalue weighted by molar-refractivity contribution is 0.660. The number of fused-ring (bicyclic) bond motifs is 4. The van der Waals surface area contributed by atoms with Gasteiger partial charge in [-0.05, 0) is 145 Å². The third-order valence-corrected chi connectivity index (χ3v) is 14.1. The fourth-order valence-electron chi connectivity index (χ4n) is 10.4. The number of hydrogen-bond acceptors (Lipinski definition) is 2. The summed E-state index contributed by atoms with van der Waals surface area (Å²) in [6.45, 7) is 4.77. The van der Waals surface area contributed by atoms with Gasteiger partial charge in [-0.25, -0.2) is 0 Å². The van der Waals surface area contributed by atoms with Crippen molar-refractivity contribution in [3.63, 3.8) is 0 Å². The van der Waals surface area contributed by atoms with Crippen LogP contribution in [0.2, 0.25) is 0 Å². The maximum absolute atomic E-state index is 2.43. The van der Waals surface area contributed by atoms with Crippen molar-refractivity contribution in [1.29, 1.82) is 0 Å². The van der Waals surface area contributed by atoms with Gasteiger partial charge >= 0.3 is 0 Å². The second-order valence-corrected chi connectivity index (χ2v) is 18.6. The van der Waals surface area contributed by atoms with Gasteiger partial charge in [0.1, 0.15) is 0 Å². The van der Waals surface area contributed by atoms with Gasteiger partial charge in [0.05, 0.1) is 5.69 Å². The van der Waals surface area contributed by atoms with Crippen LogP contribution in [0.15, 0.2) is 267 Å². The molecule has 0 atom stereocenters. The summed E-state index contributed by atoms with van der Waals surface area (Å²) in [6.07, 6.45) is 0. The summed E-state index contributed by atoms with van der Waals surface area (Å²) in [4.78, 5) is 4.83. The Bertz CT molecular complexity index is 3590. The Morgan fingerprint density at radius 1 is 0.261 bits per heavy atom. The highest BCUT2D eigenvalue weighted by Crippen LogP contribution is 2.53. The summed E-state index contributed by atoms with van der Waals surface area (Å²) in [7, 11) is 0. The molecule has 0 aliphatic heterocycles. The molecule has 1 aliphatic carbocycles. The molecular weight excluding hydrogens is 833 g/mol. The fourth-order valence-corrected chi connectivity index (χ4v) is 10.4. The smallest absolute Gasteiger partial charge is 0.0540 e. The van der Waals surface area contributed by atoms with E-state index in [9.17, 15) is 0 Å². The Kier molecular flexibility index (Phi) is 10.6. The molecule has 0 aromatic heterocycles. The van der Waals surface area contributed by atoms with Gasteiger partial charge in [0.25, 0.3) is 0 Å². The lowest BCUT2D eigenvalue weighted by atomic mass is 9.82. The van der Waals surface area contributed by atoms with E-state index in [0.29, 0.717) is 0 Å². The van der Waals surface area contributed by atoms with E-state index in [0.717, 1.165) is 34.1 Å². The summed E-state index contributed by atoms with van der Waals surface area (Å²) in [6, 6.07) is 97.2.